The fourth-order valence-electron chi connectivity index (χ4n) is 2.34. The number of hydrazone groups is 1. The summed E-state index contributed by atoms with van der Waals surface area (Å²) in [6.45, 7) is 0.348. The number of carbonyl (C=O) groups is 1. The van der Waals surface area contributed by atoms with E-state index < -0.39 is 5.97 Å². The maximum absolute atomic E-state index is 12.9. The molecule has 0 aliphatic heterocycles. The van der Waals surface area contributed by atoms with E-state index in [9.17, 15) is 9.18 Å². The lowest BCUT2D eigenvalue weighted by Crippen LogP contribution is -2.02. The number of carboxylic acid groups (broad SMARTS) is 1. The molecule has 6 heteroatoms. The molecule has 0 aliphatic carbocycles. The van der Waals surface area contributed by atoms with Gasteiger partial charge in [-0.25, -0.2) is 9.18 Å². The molecule has 27 heavy (non-hydrogen) atoms. The van der Waals surface area contributed by atoms with Gasteiger partial charge in [0.2, 0.25) is 0 Å². The molecule has 0 bridgehead atoms. The monoisotopic (exact) mass is 364 g/mol. The second-order valence-electron chi connectivity index (χ2n) is 5.70. The second kappa shape index (κ2) is 8.62. The lowest BCUT2D eigenvalue weighted by Gasteiger charge is -2.07. The van der Waals surface area contributed by atoms with Crippen molar-refractivity contribution in [1.29, 1.82) is 0 Å². The van der Waals surface area contributed by atoms with Crippen molar-refractivity contribution in [3.8, 4) is 5.75 Å². The molecule has 3 aromatic rings. The number of hydrogen-bond acceptors (Lipinski definition) is 4. The lowest BCUT2D eigenvalue weighted by molar-refractivity contribution is 0.0698. The first-order valence-corrected chi connectivity index (χ1v) is 8.20. The molecule has 0 amide bonds. The Morgan fingerprint density at radius 3 is 2.44 bits per heavy atom. The summed E-state index contributed by atoms with van der Waals surface area (Å²) >= 11 is 0. The molecule has 0 aromatic heterocycles. The highest BCUT2D eigenvalue weighted by Crippen LogP contribution is 2.16. The van der Waals surface area contributed by atoms with Gasteiger partial charge in [0.15, 0.2) is 0 Å². The summed E-state index contributed by atoms with van der Waals surface area (Å²) in [5, 5.41) is 13.2. The lowest BCUT2D eigenvalue weighted by atomic mass is 10.2. The van der Waals surface area contributed by atoms with Crippen LogP contribution < -0.4 is 10.2 Å². The predicted octanol–water partition coefficient (Wildman–Crippen LogP) is 4.55. The van der Waals surface area contributed by atoms with E-state index in [1.54, 1.807) is 48.7 Å². The molecular formula is C21H17FN2O3. The van der Waals surface area contributed by atoms with Gasteiger partial charge in [-0.15, -0.1) is 0 Å². The number of carboxylic acids is 1. The molecule has 5 nitrogen and oxygen atoms in total. The summed E-state index contributed by atoms with van der Waals surface area (Å²) in [6.07, 6.45) is 1.59. The summed E-state index contributed by atoms with van der Waals surface area (Å²) in [6, 6.07) is 19.9. The van der Waals surface area contributed by atoms with Crippen LogP contribution in [0.15, 0.2) is 77.9 Å². The number of anilines is 1. The van der Waals surface area contributed by atoms with Crippen molar-refractivity contribution in [2.45, 2.75) is 6.61 Å². The first-order valence-electron chi connectivity index (χ1n) is 8.20. The third-order valence-electron chi connectivity index (χ3n) is 3.75. The van der Waals surface area contributed by atoms with E-state index in [0.717, 1.165) is 11.1 Å². The Hall–Kier alpha value is -3.67. The average molecular weight is 364 g/mol. The minimum Gasteiger partial charge on any atom is -0.489 e. The Kier molecular flexibility index (Phi) is 5.79. The molecular weight excluding hydrogens is 347 g/mol. The summed E-state index contributed by atoms with van der Waals surface area (Å²) in [5.41, 5.74) is 5.01. The highest BCUT2D eigenvalue weighted by molar-refractivity contribution is 5.94. The maximum Gasteiger partial charge on any atom is 0.337 e. The van der Waals surface area contributed by atoms with E-state index in [1.807, 2.05) is 12.1 Å². The van der Waals surface area contributed by atoms with Crippen LogP contribution in [0.1, 0.15) is 21.5 Å². The van der Waals surface area contributed by atoms with E-state index in [4.69, 9.17) is 9.84 Å². The zero-order valence-corrected chi connectivity index (χ0v) is 14.3. The number of hydrogen-bond donors (Lipinski definition) is 2. The highest BCUT2D eigenvalue weighted by Gasteiger charge is 2.07. The number of para-hydroxylation sites is 1. The summed E-state index contributed by atoms with van der Waals surface area (Å²) in [7, 11) is 0. The largest absolute Gasteiger partial charge is 0.489 e. The van der Waals surface area contributed by atoms with Crippen LogP contribution in [0, 0.1) is 5.82 Å². The molecule has 0 unspecified atom stereocenters. The van der Waals surface area contributed by atoms with Crippen LogP contribution in [-0.2, 0) is 6.61 Å². The van der Waals surface area contributed by atoms with Crippen molar-refractivity contribution in [2.75, 3.05) is 5.43 Å². The average Bonchev–Trinajstić information content (AvgIpc) is 2.69. The third-order valence-corrected chi connectivity index (χ3v) is 3.75. The molecule has 0 fully saturated rings. The smallest absolute Gasteiger partial charge is 0.337 e. The second-order valence-corrected chi connectivity index (χ2v) is 5.70. The number of nitrogens with one attached hydrogen (secondary N) is 1. The molecule has 0 saturated heterocycles. The molecule has 0 atom stereocenters. The number of halogens is 1. The van der Waals surface area contributed by atoms with Crippen molar-refractivity contribution in [3.05, 3.63) is 95.3 Å². The number of aromatic carboxylic acids is 1. The van der Waals surface area contributed by atoms with Gasteiger partial charge in [0.1, 0.15) is 18.2 Å². The molecule has 0 aliphatic rings. The Morgan fingerprint density at radius 1 is 1.04 bits per heavy atom. The Bertz CT molecular complexity index is 938. The predicted molar refractivity (Wildman–Crippen MR) is 102 cm³/mol. The first kappa shape index (κ1) is 18.1. The molecule has 0 heterocycles. The minimum atomic E-state index is -1.02. The van der Waals surface area contributed by atoms with Gasteiger partial charge in [-0.1, -0.05) is 24.3 Å². The van der Waals surface area contributed by atoms with Crippen molar-refractivity contribution in [1.82, 2.24) is 0 Å². The quantitative estimate of drug-likeness (QED) is 0.477. The van der Waals surface area contributed by atoms with Crippen LogP contribution in [0.25, 0.3) is 0 Å². The Balaban J connectivity index is 1.56. The van der Waals surface area contributed by atoms with Crippen LogP contribution >= 0.6 is 0 Å². The van der Waals surface area contributed by atoms with Crippen LogP contribution in [0.4, 0.5) is 10.1 Å². The van der Waals surface area contributed by atoms with E-state index in [2.05, 4.69) is 10.5 Å². The number of nitrogens with zero attached hydrogens (tertiary/aromatic N) is 1. The summed E-state index contributed by atoms with van der Waals surface area (Å²) < 4.78 is 18.5. The van der Waals surface area contributed by atoms with Gasteiger partial charge < -0.3 is 9.84 Å². The van der Waals surface area contributed by atoms with Crippen LogP contribution in [0.3, 0.4) is 0 Å². The molecule has 0 radical (unpaired) electrons. The molecule has 2 N–H and O–H groups in total. The molecule has 0 spiro atoms. The fourth-order valence-corrected chi connectivity index (χ4v) is 2.34. The summed E-state index contributed by atoms with van der Waals surface area (Å²) in [4.78, 5) is 11.1. The van der Waals surface area contributed by atoms with E-state index in [-0.39, 0.29) is 11.4 Å². The van der Waals surface area contributed by atoms with Gasteiger partial charge in [-0.05, 0) is 59.7 Å². The third kappa shape index (κ3) is 5.15. The van der Waals surface area contributed by atoms with Gasteiger partial charge in [-0.3, -0.25) is 5.43 Å². The van der Waals surface area contributed by atoms with Crippen molar-refractivity contribution in [2.24, 2.45) is 5.10 Å². The van der Waals surface area contributed by atoms with Gasteiger partial charge in [-0.2, -0.15) is 5.10 Å². The summed E-state index contributed by atoms with van der Waals surface area (Å²) in [5.74, 6) is -0.612. The number of benzene rings is 3. The van der Waals surface area contributed by atoms with Crippen molar-refractivity contribution in [3.63, 3.8) is 0 Å². The van der Waals surface area contributed by atoms with E-state index in [1.165, 1.54) is 18.2 Å². The maximum atomic E-state index is 12.9. The van der Waals surface area contributed by atoms with Crippen LogP contribution in [0.2, 0.25) is 0 Å². The zero-order valence-electron chi connectivity index (χ0n) is 14.3. The SMILES string of the molecule is O=C(O)c1ccccc1N/N=C/c1ccc(OCc2ccc(F)cc2)cc1. The molecule has 3 rings (SSSR count). The Labute approximate surface area is 155 Å². The standard InChI is InChI=1S/C21H17FN2O3/c22-17-9-5-16(6-10-17)14-27-18-11-7-15(8-12-18)13-23-24-20-4-2-1-3-19(20)21(25)26/h1-13,24H,14H2,(H,25,26)/b23-13+. The number of ether oxygens (including phenoxy) is 1. The van der Waals surface area contributed by atoms with Gasteiger partial charge in [0.05, 0.1) is 17.5 Å². The van der Waals surface area contributed by atoms with E-state index in [0.29, 0.717) is 18.0 Å². The van der Waals surface area contributed by atoms with E-state index >= 15 is 0 Å². The molecule has 0 saturated carbocycles. The van der Waals surface area contributed by atoms with Crippen LogP contribution in [-0.4, -0.2) is 17.3 Å². The number of rotatable bonds is 7. The normalized spacial score (nSPS) is 10.7. The topological polar surface area (TPSA) is 70.9 Å². The molecule has 136 valence electrons. The van der Waals surface area contributed by atoms with Crippen LogP contribution in [0.5, 0.6) is 5.75 Å². The van der Waals surface area contributed by atoms with Crippen molar-refractivity contribution < 1.29 is 19.0 Å². The van der Waals surface area contributed by atoms with Gasteiger partial charge in [0.25, 0.3) is 0 Å². The van der Waals surface area contributed by atoms with Crippen molar-refractivity contribution >= 4 is 17.9 Å². The fraction of sp³-hybridized carbons (Fsp3) is 0.0476. The Morgan fingerprint density at radius 2 is 1.74 bits per heavy atom. The van der Waals surface area contributed by atoms with Gasteiger partial charge >= 0.3 is 5.97 Å². The highest BCUT2D eigenvalue weighted by atomic mass is 19.1. The first-order chi connectivity index (χ1) is 13.1. The zero-order chi connectivity index (χ0) is 19.1. The molecule has 3 aromatic carbocycles. The minimum absolute atomic E-state index is 0.152. The van der Waals surface area contributed by atoms with Gasteiger partial charge in [0, 0.05) is 0 Å².